The fourth-order valence-corrected chi connectivity index (χ4v) is 1.80. The molecule has 80 valence electrons. The van der Waals surface area contributed by atoms with Gasteiger partial charge in [0.25, 0.3) is 0 Å². The zero-order valence-electron chi connectivity index (χ0n) is 8.60. The topological polar surface area (TPSA) is 67.8 Å². The van der Waals surface area contributed by atoms with Gasteiger partial charge >= 0.3 is 0 Å². The molecule has 2 heterocycles. The number of hydrogen-bond donors (Lipinski definition) is 2. The molecular weight excluding hydrogens is 202 g/mol. The van der Waals surface area contributed by atoms with E-state index in [1.807, 2.05) is 30.5 Å². The lowest BCUT2D eigenvalue weighted by atomic mass is 10.1. The van der Waals surface area contributed by atoms with E-state index in [9.17, 15) is 0 Å². The molecule has 4 heteroatoms. The lowest BCUT2D eigenvalue weighted by Crippen LogP contribution is -1.94. The Hall–Kier alpha value is -2.07. The van der Waals surface area contributed by atoms with Gasteiger partial charge in [-0.05, 0) is 6.07 Å². The maximum Gasteiger partial charge on any atom is 0.208 e. The van der Waals surface area contributed by atoms with Crippen molar-refractivity contribution in [2.75, 3.05) is 0 Å². The number of aromatic amines is 1. The molecule has 0 aliphatic carbocycles. The van der Waals surface area contributed by atoms with Crippen LogP contribution in [0.4, 0.5) is 0 Å². The molecule has 3 rings (SSSR count). The standard InChI is InChI=1S/C12H11N3O/c13-5-12-15-7-11(16-12)9-6-14-10-4-2-1-3-8(9)10/h1-4,6-7,14H,5,13H2. The van der Waals surface area contributed by atoms with E-state index in [2.05, 4.69) is 9.97 Å². The summed E-state index contributed by atoms with van der Waals surface area (Å²) in [5.74, 6) is 1.30. The van der Waals surface area contributed by atoms with Crippen LogP contribution in [0, 0.1) is 0 Å². The number of hydrogen-bond acceptors (Lipinski definition) is 3. The third-order valence-corrected chi connectivity index (χ3v) is 2.58. The molecule has 4 nitrogen and oxygen atoms in total. The number of H-pyrrole nitrogens is 1. The molecule has 0 unspecified atom stereocenters. The molecular formula is C12H11N3O. The number of oxazole rings is 1. The summed E-state index contributed by atoms with van der Waals surface area (Å²) >= 11 is 0. The summed E-state index contributed by atoms with van der Waals surface area (Å²) in [6.07, 6.45) is 3.63. The third-order valence-electron chi connectivity index (χ3n) is 2.58. The van der Waals surface area contributed by atoms with Crippen LogP contribution in [-0.4, -0.2) is 9.97 Å². The van der Waals surface area contributed by atoms with Gasteiger partial charge in [-0.2, -0.15) is 0 Å². The Balaban J connectivity index is 2.18. The molecule has 2 aromatic heterocycles. The van der Waals surface area contributed by atoms with E-state index in [1.54, 1.807) is 6.20 Å². The van der Waals surface area contributed by atoms with Crippen molar-refractivity contribution < 1.29 is 4.42 Å². The average molecular weight is 213 g/mol. The Kier molecular flexibility index (Phi) is 2.01. The van der Waals surface area contributed by atoms with Crippen LogP contribution < -0.4 is 5.73 Å². The normalized spacial score (nSPS) is 11.1. The van der Waals surface area contributed by atoms with E-state index in [0.29, 0.717) is 12.4 Å². The van der Waals surface area contributed by atoms with Crippen molar-refractivity contribution in [1.82, 2.24) is 9.97 Å². The highest BCUT2D eigenvalue weighted by molar-refractivity contribution is 5.93. The van der Waals surface area contributed by atoms with Crippen LogP contribution in [0.1, 0.15) is 5.89 Å². The summed E-state index contributed by atoms with van der Waals surface area (Å²) in [6.45, 7) is 0.322. The quantitative estimate of drug-likeness (QED) is 0.686. The van der Waals surface area contributed by atoms with E-state index in [1.165, 1.54) is 0 Å². The molecule has 0 saturated heterocycles. The van der Waals surface area contributed by atoms with Crippen LogP contribution in [-0.2, 0) is 6.54 Å². The number of para-hydroxylation sites is 1. The number of nitrogens with one attached hydrogen (secondary N) is 1. The molecule has 1 aromatic carbocycles. The molecule has 3 aromatic rings. The second-order valence-corrected chi connectivity index (χ2v) is 3.57. The molecule has 0 fully saturated rings. The lowest BCUT2D eigenvalue weighted by molar-refractivity contribution is 0.510. The second-order valence-electron chi connectivity index (χ2n) is 3.57. The minimum atomic E-state index is 0.322. The van der Waals surface area contributed by atoms with E-state index in [0.717, 1.165) is 22.2 Å². The number of nitrogens with two attached hydrogens (primary N) is 1. The minimum absolute atomic E-state index is 0.322. The van der Waals surface area contributed by atoms with Gasteiger partial charge in [0, 0.05) is 22.7 Å². The van der Waals surface area contributed by atoms with Gasteiger partial charge in [0.05, 0.1) is 12.7 Å². The van der Waals surface area contributed by atoms with Gasteiger partial charge in [0.2, 0.25) is 5.89 Å². The molecule has 0 bridgehead atoms. The van der Waals surface area contributed by atoms with Crippen molar-refractivity contribution >= 4 is 10.9 Å². The largest absolute Gasteiger partial charge is 0.439 e. The van der Waals surface area contributed by atoms with Gasteiger partial charge in [0.1, 0.15) is 0 Å². The van der Waals surface area contributed by atoms with E-state index in [4.69, 9.17) is 10.2 Å². The number of nitrogens with zero attached hydrogens (tertiary/aromatic N) is 1. The summed E-state index contributed by atoms with van der Waals surface area (Å²) in [7, 11) is 0. The van der Waals surface area contributed by atoms with Crippen LogP contribution in [0.2, 0.25) is 0 Å². The molecule has 16 heavy (non-hydrogen) atoms. The lowest BCUT2D eigenvalue weighted by Gasteiger charge is -1.93. The molecule has 0 radical (unpaired) electrons. The van der Waals surface area contributed by atoms with Gasteiger partial charge in [-0.15, -0.1) is 0 Å². The van der Waals surface area contributed by atoms with Gasteiger partial charge < -0.3 is 15.1 Å². The zero-order chi connectivity index (χ0) is 11.0. The van der Waals surface area contributed by atoms with Crippen LogP contribution in [0.15, 0.2) is 41.1 Å². The van der Waals surface area contributed by atoms with Crippen molar-refractivity contribution in [3.8, 4) is 11.3 Å². The Bertz CT molecular complexity index is 624. The Morgan fingerprint density at radius 2 is 2.19 bits per heavy atom. The Labute approximate surface area is 92.1 Å². The first-order valence-corrected chi connectivity index (χ1v) is 5.10. The third kappa shape index (κ3) is 1.31. The van der Waals surface area contributed by atoms with Crippen LogP contribution in [0.25, 0.3) is 22.2 Å². The summed E-state index contributed by atoms with van der Waals surface area (Å²) in [5, 5.41) is 1.13. The second kappa shape index (κ2) is 3.50. The highest BCUT2D eigenvalue weighted by atomic mass is 16.4. The predicted molar refractivity (Wildman–Crippen MR) is 61.7 cm³/mol. The van der Waals surface area contributed by atoms with Gasteiger partial charge in [0.15, 0.2) is 5.76 Å². The maximum absolute atomic E-state index is 5.53. The highest BCUT2D eigenvalue weighted by Gasteiger charge is 2.09. The van der Waals surface area contributed by atoms with Crippen molar-refractivity contribution in [2.24, 2.45) is 5.73 Å². The molecule has 0 atom stereocenters. The fourth-order valence-electron chi connectivity index (χ4n) is 1.80. The monoisotopic (exact) mass is 213 g/mol. The summed E-state index contributed by atoms with van der Waals surface area (Å²) in [5.41, 5.74) is 7.57. The van der Waals surface area contributed by atoms with Crippen LogP contribution in [0.5, 0.6) is 0 Å². The van der Waals surface area contributed by atoms with E-state index in [-0.39, 0.29) is 0 Å². The Morgan fingerprint density at radius 1 is 1.31 bits per heavy atom. The minimum Gasteiger partial charge on any atom is -0.439 e. The molecule has 0 aliphatic rings. The first-order chi connectivity index (χ1) is 7.88. The SMILES string of the molecule is NCc1ncc(-c2c[nH]c3ccccc23)o1. The summed E-state index contributed by atoms with van der Waals surface area (Å²) in [6, 6.07) is 8.07. The van der Waals surface area contributed by atoms with Crippen molar-refractivity contribution in [3.05, 3.63) is 42.5 Å². The molecule has 0 spiro atoms. The van der Waals surface area contributed by atoms with Crippen LogP contribution >= 0.6 is 0 Å². The fraction of sp³-hybridized carbons (Fsp3) is 0.0833. The van der Waals surface area contributed by atoms with E-state index >= 15 is 0 Å². The summed E-state index contributed by atoms with van der Waals surface area (Å²) in [4.78, 5) is 7.29. The van der Waals surface area contributed by atoms with Gasteiger partial charge in [-0.25, -0.2) is 4.98 Å². The molecule has 0 amide bonds. The highest BCUT2D eigenvalue weighted by Crippen LogP contribution is 2.28. The molecule has 3 N–H and O–H groups in total. The Morgan fingerprint density at radius 3 is 3.00 bits per heavy atom. The van der Waals surface area contributed by atoms with Crippen molar-refractivity contribution in [3.63, 3.8) is 0 Å². The number of aromatic nitrogens is 2. The van der Waals surface area contributed by atoms with Gasteiger partial charge in [-0.1, -0.05) is 18.2 Å². The number of fused-ring (bicyclic) bond motifs is 1. The predicted octanol–water partition coefficient (Wildman–Crippen LogP) is 2.28. The smallest absolute Gasteiger partial charge is 0.208 e. The first kappa shape index (κ1) is 9.18. The van der Waals surface area contributed by atoms with Crippen molar-refractivity contribution in [2.45, 2.75) is 6.54 Å². The maximum atomic E-state index is 5.53. The summed E-state index contributed by atoms with van der Waals surface area (Å²) < 4.78 is 5.53. The number of rotatable bonds is 2. The zero-order valence-corrected chi connectivity index (χ0v) is 8.60. The first-order valence-electron chi connectivity index (χ1n) is 5.10. The van der Waals surface area contributed by atoms with E-state index < -0.39 is 0 Å². The number of benzene rings is 1. The average Bonchev–Trinajstić information content (AvgIpc) is 2.94. The van der Waals surface area contributed by atoms with Crippen molar-refractivity contribution in [1.29, 1.82) is 0 Å². The molecule has 0 saturated carbocycles. The molecule has 0 aliphatic heterocycles. The van der Waals surface area contributed by atoms with Gasteiger partial charge in [-0.3, -0.25) is 0 Å². The van der Waals surface area contributed by atoms with Crippen LogP contribution in [0.3, 0.4) is 0 Å².